The van der Waals surface area contributed by atoms with Gasteiger partial charge in [0.1, 0.15) is 11.5 Å². The van der Waals surface area contributed by atoms with Crippen molar-refractivity contribution in [3.8, 4) is 11.5 Å². The van der Waals surface area contributed by atoms with Gasteiger partial charge in [0.15, 0.2) is 11.6 Å². The number of carbonyl (C=O) groups is 2. The average molecular weight is 515 g/mol. The highest BCUT2D eigenvalue weighted by atomic mass is 35.5. The van der Waals surface area contributed by atoms with Crippen LogP contribution in [-0.4, -0.2) is 25.8 Å². The number of fused-ring (bicyclic) bond motifs is 2. The molecule has 0 aliphatic carbocycles. The van der Waals surface area contributed by atoms with E-state index in [2.05, 4.69) is 0 Å². The number of ketones is 2. The summed E-state index contributed by atoms with van der Waals surface area (Å²) in [4.78, 5) is 27.1. The summed E-state index contributed by atoms with van der Waals surface area (Å²) in [5.41, 5.74) is 1.36. The van der Waals surface area contributed by atoms with Crippen molar-refractivity contribution in [1.82, 2.24) is 0 Å². The van der Waals surface area contributed by atoms with Crippen LogP contribution in [0.2, 0.25) is 10.0 Å². The lowest BCUT2D eigenvalue weighted by atomic mass is 9.93. The number of hydrogen-bond acceptors (Lipinski definition) is 4. The van der Waals surface area contributed by atoms with Gasteiger partial charge in [0, 0.05) is 33.0 Å². The second-order valence-corrected chi connectivity index (χ2v) is 9.01. The topological polar surface area (TPSA) is 52.6 Å². The Morgan fingerprint density at radius 2 is 0.889 bits per heavy atom. The van der Waals surface area contributed by atoms with Gasteiger partial charge in [-0.25, -0.2) is 0 Å². The Morgan fingerprint density at radius 3 is 1.25 bits per heavy atom. The van der Waals surface area contributed by atoms with Crippen LogP contribution in [-0.2, 0) is 0 Å². The van der Waals surface area contributed by atoms with Gasteiger partial charge in [0.25, 0.3) is 0 Å². The van der Waals surface area contributed by atoms with Gasteiger partial charge >= 0.3 is 0 Å². The number of carbonyl (C=O) groups excluding carboxylic acids is 2. The molecule has 0 spiro atoms. The molecule has 0 aliphatic heterocycles. The second-order valence-electron chi connectivity index (χ2n) is 8.19. The molecule has 0 amide bonds. The lowest BCUT2D eigenvalue weighted by molar-refractivity contribution is 0.102. The third-order valence-electron chi connectivity index (χ3n) is 6.24. The van der Waals surface area contributed by atoms with Gasteiger partial charge in [-0.15, -0.1) is 0 Å². The van der Waals surface area contributed by atoms with E-state index >= 15 is 0 Å². The molecule has 5 aromatic rings. The summed E-state index contributed by atoms with van der Waals surface area (Å²) in [6.07, 6.45) is 0. The van der Waals surface area contributed by atoms with E-state index < -0.39 is 0 Å². The van der Waals surface area contributed by atoms with Crippen LogP contribution in [0.15, 0.2) is 84.9 Å². The first-order chi connectivity index (χ1) is 17.4. The maximum Gasteiger partial charge on any atom is 0.195 e. The highest BCUT2D eigenvalue weighted by molar-refractivity contribution is 6.40. The predicted octanol–water partition coefficient (Wildman–Crippen LogP) is 7.78. The van der Waals surface area contributed by atoms with E-state index in [-0.39, 0.29) is 32.7 Å². The number of hydrogen-bond donors (Lipinski definition) is 0. The fraction of sp³-hybridized carbons (Fsp3) is 0.0667. The second kappa shape index (κ2) is 9.65. The largest absolute Gasteiger partial charge is 0.496 e. The summed E-state index contributed by atoms with van der Waals surface area (Å²) in [5, 5.41) is 3.38. The van der Waals surface area contributed by atoms with Crippen molar-refractivity contribution < 1.29 is 19.1 Å². The Hall–Kier alpha value is -3.86. The molecule has 6 heteroatoms. The first kappa shape index (κ1) is 23.9. The molecule has 36 heavy (non-hydrogen) atoms. The van der Waals surface area contributed by atoms with Crippen molar-refractivity contribution in [3.05, 3.63) is 117 Å². The summed E-state index contributed by atoms with van der Waals surface area (Å²) in [7, 11) is 3.17. The molecule has 0 N–H and O–H groups in total. The van der Waals surface area contributed by atoms with Gasteiger partial charge in [-0.1, -0.05) is 71.7 Å². The van der Waals surface area contributed by atoms with E-state index in [1.807, 2.05) is 48.5 Å². The summed E-state index contributed by atoms with van der Waals surface area (Å²) >= 11 is 13.2. The van der Waals surface area contributed by atoms with Gasteiger partial charge in [-0.2, -0.15) is 0 Å². The van der Waals surface area contributed by atoms with E-state index in [4.69, 9.17) is 32.7 Å². The highest BCUT2D eigenvalue weighted by Crippen LogP contribution is 2.35. The summed E-state index contributed by atoms with van der Waals surface area (Å²) in [6, 6.07) is 24.8. The van der Waals surface area contributed by atoms with Gasteiger partial charge in [-0.05, 0) is 47.2 Å². The van der Waals surface area contributed by atoms with E-state index in [0.717, 1.165) is 21.5 Å². The Kier molecular flexibility index (Phi) is 6.40. The fourth-order valence-electron chi connectivity index (χ4n) is 4.48. The number of ether oxygens (including phenoxy) is 2. The van der Waals surface area contributed by atoms with Crippen molar-refractivity contribution in [2.45, 2.75) is 0 Å². The Morgan fingerprint density at radius 1 is 0.528 bits per heavy atom. The smallest absolute Gasteiger partial charge is 0.195 e. The number of rotatable bonds is 6. The normalized spacial score (nSPS) is 11.0. The molecule has 5 rings (SSSR count). The molecular weight excluding hydrogens is 495 g/mol. The number of benzene rings is 5. The first-order valence-corrected chi connectivity index (χ1v) is 11.9. The monoisotopic (exact) mass is 514 g/mol. The first-order valence-electron chi connectivity index (χ1n) is 11.1. The lowest BCUT2D eigenvalue weighted by Gasteiger charge is -2.13. The standard InChI is InChI=1S/C30H20Cl2O4/c1-35-27-13-11-21(17-7-3-5-9-19(17)27)29(33)23-15-26(32)24(16-25(23)31)30(34)22-12-14-28(36-2)20-10-6-4-8-18(20)22/h3-16H,1-2H3. The average Bonchev–Trinajstić information content (AvgIpc) is 2.92. The van der Waals surface area contributed by atoms with Crippen LogP contribution >= 0.6 is 23.2 Å². The molecule has 0 bridgehead atoms. The van der Waals surface area contributed by atoms with Gasteiger partial charge in [0.2, 0.25) is 0 Å². The fourth-order valence-corrected chi connectivity index (χ4v) is 4.98. The van der Waals surface area contributed by atoms with Crippen LogP contribution in [0, 0.1) is 0 Å². The minimum Gasteiger partial charge on any atom is -0.496 e. The van der Waals surface area contributed by atoms with E-state index in [1.54, 1.807) is 38.5 Å². The van der Waals surface area contributed by atoms with Crippen molar-refractivity contribution in [2.75, 3.05) is 14.2 Å². The number of halogens is 2. The van der Waals surface area contributed by atoms with Crippen LogP contribution in [0.3, 0.4) is 0 Å². The Bertz CT molecular complexity index is 1550. The van der Waals surface area contributed by atoms with Gasteiger partial charge in [-0.3, -0.25) is 9.59 Å². The summed E-state index contributed by atoms with van der Waals surface area (Å²) in [5.74, 6) is 0.738. The van der Waals surface area contributed by atoms with E-state index in [1.165, 1.54) is 12.1 Å². The lowest BCUT2D eigenvalue weighted by Crippen LogP contribution is -2.08. The number of methoxy groups -OCH3 is 2. The minimum absolute atomic E-state index is 0.144. The molecule has 0 heterocycles. The zero-order chi connectivity index (χ0) is 25.4. The molecule has 0 fully saturated rings. The maximum atomic E-state index is 13.5. The molecule has 0 saturated carbocycles. The van der Waals surface area contributed by atoms with E-state index in [0.29, 0.717) is 22.6 Å². The highest BCUT2D eigenvalue weighted by Gasteiger charge is 2.23. The van der Waals surface area contributed by atoms with Gasteiger partial charge < -0.3 is 9.47 Å². The molecule has 4 nitrogen and oxygen atoms in total. The zero-order valence-electron chi connectivity index (χ0n) is 19.5. The summed E-state index contributed by atoms with van der Waals surface area (Å²) in [6.45, 7) is 0. The molecule has 0 saturated heterocycles. The Labute approximate surface area is 218 Å². The van der Waals surface area contributed by atoms with Crippen LogP contribution in [0.4, 0.5) is 0 Å². The molecule has 0 atom stereocenters. The predicted molar refractivity (Wildman–Crippen MR) is 144 cm³/mol. The van der Waals surface area contributed by atoms with Crippen molar-refractivity contribution in [2.24, 2.45) is 0 Å². The SMILES string of the molecule is COc1ccc(C(=O)c2cc(Cl)c(C(=O)c3ccc(OC)c4ccccc34)cc2Cl)c2ccccc12. The molecule has 178 valence electrons. The minimum atomic E-state index is -0.297. The van der Waals surface area contributed by atoms with Gasteiger partial charge in [0.05, 0.1) is 24.3 Å². The molecule has 0 aromatic heterocycles. The van der Waals surface area contributed by atoms with Crippen molar-refractivity contribution >= 4 is 56.3 Å². The molecule has 5 aromatic carbocycles. The molecule has 0 aliphatic rings. The zero-order valence-corrected chi connectivity index (χ0v) is 21.0. The quantitative estimate of drug-likeness (QED) is 0.217. The van der Waals surface area contributed by atoms with Crippen LogP contribution in [0.25, 0.3) is 21.5 Å². The summed E-state index contributed by atoms with van der Waals surface area (Å²) < 4.78 is 10.9. The third-order valence-corrected chi connectivity index (χ3v) is 6.87. The van der Waals surface area contributed by atoms with Crippen molar-refractivity contribution in [3.63, 3.8) is 0 Å². The molecular formula is C30H20Cl2O4. The Balaban J connectivity index is 1.59. The van der Waals surface area contributed by atoms with Crippen LogP contribution < -0.4 is 9.47 Å². The van der Waals surface area contributed by atoms with Crippen LogP contribution in [0.1, 0.15) is 31.8 Å². The maximum absolute atomic E-state index is 13.5. The van der Waals surface area contributed by atoms with Crippen LogP contribution in [0.5, 0.6) is 11.5 Å². The third kappa shape index (κ3) is 3.98. The van der Waals surface area contributed by atoms with E-state index in [9.17, 15) is 9.59 Å². The van der Waals surface area contributed by atoms with Crippen molar-refractivity contribution in [1.29, 1.82) is 0 Å². The molecule has 0 unspecified atom stereocenters. The molecule has 0 radical (unpaired) electrons.